The number of aliphatic carboxylic acids is 1. The average Bonchev–Trinajstić information content (AvgIpc) is 3.09. The zero-order valence-corrected chi connectivity index (χ0v) is 10.1. The van der Waals surface area contributed by atoms with Crippen molar-refractivity contribution in [1.82, 2.24) is 20.1 Å². The Balaban J connectivity index is 1.78. The predicted octanol–water partition coefficient (Wildman–Crippen LogP) is 1.49. The molecule has 0 spiro atoms. The van der Waals surface area contributed by atoms with Gasteiger partial charge < -0.3 is 9.63 Å². The summed E-state index contributed by atoms with van der Waals surface area (Å²) in [5, 5.41) is 12.8. The summed E-state index contributed by atoms with van der Waals surface area (Å²) in [4.78, 5) is 23.2. The van der Waals surface area contributed by atoms with Gasteiger partial charge in [0.15, 0.2) is 0 Å². The van der Waals surface area contributed by atoms with Crippen LogP contribution in [-0.2, 0) is 4.79 Å². The maximum absolute atomic E-state index is 10.9. The number of rotatable bonds is 3. The number of hydrogen-bond donors (Lipinski definition) is 1. The first-order valence-corrected chi connectivity index (χ1v) is 6.07. The molecule has 0 aliphatic heterocycles. The van der Waals surface area contributed by atoms with Gasteiger partial charge in [0.2, 0.25) is 11.7 Å². The maximum atomic E-state index is 10.9. The lowest BCUT2D eigenvalue weighted by atomic mass is 10.1. The average molecular weight is 260 g/mol. The van der Waals surface area contributed by atoms with Gasteiger partial charge in [-0.1, -0.05) is 5.16 Å². The summed E-state index contributed by atoms with van der Waals surface area (Å²) in [5.74, 6) is -0.154. The Kier molecular flexibility index (Phi) is 2.94. The van der Waals surface area contributed by atoms with Crippen LogP contribution in [0.1, 0.15) is 31.1 Å². The maximum Gasteiger partial charge on any atom is 0.306 e. The van der Waals surface area contributed by atoms with Gasteiger partial charge in [0, 0.05) is 18.3 Å². The third-order valence-corrected chi connectivity index (χ3v) is 3.37. The molecule has 1 aliphatic rings. The van der Waals surface area contributed by atoms with Gasteiger partial charge in [-0.15, -0.1) is 0 Å². The third-order valence-electron chi connectivity index (χ3n) is 3.37. The molecule has 2 aromatic rings. The lowest BCUT2D eigenvalue weighted by Gasteiger charge is -2.02. The molecule has 3 rings (SSSR count). The minimum absolute atomic E-state index is 0.0269. The van der Waals surface area contributed by atoms with Crippen molar-refractivity contribution in [1.29, 1.82) is 0 Å². The molecular formula is C12H12N4O3. The molecule has 1 saturated carbocycles. The highest BCUT2D eigenvalue weighted by atomic mass is 16.5. The van der Waals surface area contributed by atoms with Crippen molar-refractivity contribution in [2.24, 2.45) is 5.92 Å². The molecule has 2 heterocycles. The molecule has 1 aliphatic carbocycles. The van der Waals surface area contributed by atoms with E-state index in [4.69, 9.17) is 9.63 Å². The minimum atomic E-state index is -0.754. The molecule has 1 fully saturated rings. The summed E-state index contributed by atoms with van der Waals surface area (Å²) in [6, 6.07) is 0. The summed E-state index contributed by atoms with van der Waals surface area (Å²) in [6.07, 6.45) is 6.66. The van der Waals surface area contributed by atoms with Crippen LogP contribution in [0.5, 0.6) is 0 Å². The third kappa shape index (κ3) is 2.31. The zero-order valence-electron chi connectivity index (χ0n) is 10.1. The van der Waals surface area contributed by atoms with Gasteiger partial charge in [-0.3, -0.25) is 9.78 Å². The summed E-state index contributed by atoms with van der Waals surface area (Å²) in [5.41, 5.74) is 0.547. The van der Waals surface area contributed by atoms with Crippen molar-refractivity contribution < 1.29 is 14.4 Å². The van der Waals surface area contributed by atoms with E-state index in [0.29, 0.717) is 30.3 Å². The summed E-state index contributed by atoms with van der Waals surface area (Å²) < 4.78 is 5.21. The Morgan fingerprint density at radius 3 is 2.95 bits per heavy atom. The standard InChI is InChI=1S/C12H12N4O3/c17-12(18)8-2-1-7(5-8)11-15-10(16-19-11)9-6-13-3-4-14-9/h3-4,6-8H,1-2,5H2,(H,17,18). The van der Waals surface area contributed by atoms with Gasteiger partial charge in [0.25, 0.3) is 0 Å². The molecule has 0 amide bonds. The van der Waals surface area contributed by atoms with Crippen molar-refractivity contribution >= 4 is 5.97 Å². The van der Waals surface area contributed by atoms with Crippen LogP contribution in [0, 0.1) is 5.92 Å². The normalized spacial score (nSPS) is 22.5. The number of nitrogens with zero attached hydrogens (tertiary/aromatic N) is 4. The van der Waals surface area contributed by atoms with Crippen LogP contribution in [0.15, 0.2) is 23.1 Å². The Bertz CT molecular complexity index is 584. The SMILES string of the molecule is O=C(O)C1CCC(c2nc(-c3cnccn3)no2)C1. The first kappa shape index (κ1) is 11.8. The second kappa shape index (κ2) is 4.75. The first-order chi connectivity index (χ1) is 9.24. The predicted molar refractivity (Wildman–Crippen MR) is 63.0 cm³/mol. The van der Waals surface area contributed by atoms with E-state index in [9.17, 15) is 4.79 Å². The topological polar surface area (TPSA) is 102 Å². The van der Waals surface area contributed by atoms with E-state index < -0.39 is 5.97 Å². The van der Waals surface area contributed by atoms with Gasteiger partial charge >= 0.3 is 5.97 Å². The minimum Gasteiger partial charge on any atom is -0.481 e. The fourth-order valence-corrected chi connectivity index (χ4v) is 2.35. The van der Waals surface area contributed by atoms with E-state index >= 15 is 0 Å². The largest absolute Gasteiger partial charge is 0.481 e. The number of aromatic nitrogens is 4. The summed E-state index contributed by atoms with van der Waals surface area (Å²) in [7, 11) is 0. The molecule has 2 unspecified atom stereocenters. The van der Waals surface area contributed by atoms with Crippen molar-refractivity contribution in [2.45, 2.75) is 25.2 Å². The van der Waals surface area contributed by atoms with Crippen LogP contribution >= 0.6 is 0 Å². The lowest BCUT2D eigenvalue weighted by Crippen LogP contribution is -2.09. The van der Waals surface area contributed by atoms with E-state index in [1.807, 2.05) is 0 Å². The van der Waals surface area contributed by atoms with E-state index in [1.165, 1.54) is 0 Å². The van der Waals surface area contributed by atoms with Crippen LogP contribution in [0.2, 0.25) is 0 Å². The Labute approximate surface area is 108 Å². The van der Waals surface area contributed by atoms with Gasteiger partial charge in [-0.05, 0) is 19.3 Å². The van der Waals surface area contributed by atoms with Crippen LogP contribution in [0.25, 0.3) is 11.5 Å². The molecule has 7 heteroatoms. The quantitative estimate of drug-likeness (QED) is 0.891. The van der Waals surface area contributed by atoms with Crippen molar-refractivity contribution in [3.05, 3.63) is 24.5 Å². The Hall–Kier alpha value is -2.31. The van der Waals surface area contributed by atoms with Crippen LogP contribution in [0.4, 0.5) is 0 Å². The second-order valence-corrected chi connectivity index (χ2v) is 4.59. The number of carboxylic acids is 1. The molecule has 0 saturated heterocycles. The van der Waals surface area contributed by atoms with E-state index in [1.54, 1.807) is 18.6 Å². The summed E-state index contributed by atoms with van der Waals surface area (Å²) in [6.45, 7) is 0. The van der Waals surface area contributed by atoms with Crippen LogP contribution in [0.3, 0.4) is 0 Å². The first-order valence-electron chi connectivity index (χ1n) is 6.07. The molecule has 2 atom stereocenters. The molecule has 0 radical (unpaired) electrons. The fourth-order valence-electron chi connectivity index (χ4n) is 2.35. The number of hydrogen-bond acceptors (Lipinski definition) is 6. The zero-order chi connectivity index (χ0) is 13.2. The molecular weight excluding hydrogens is 248 g/mol. The van der Waals surface area contributed by atoms with Gasteiger partial charge in [0.05, 0.1) is 12.1 Å². The molecule has 1 N–H and O–H groups in total. The molecule has 2 aromatic heterocycles. The number of carboxylic acid groups (broad SMARTS) is 1. The molecule has 7 nitrogen and oxygen atoms in total. The van der Waals surface area contributed by atoms with Crippen LogP contribution < -0.4 is 0 Å². The van der Waals surface area contributed by atoms with Gasteiger partial charge in [-0.2, -0.15) is 4.98 Å². The van der Waals surface area contributed by atoms with Crippen molar-refractivity contribution in [3.8, 4) is 11.5 Å². The van der Waals surface area contributed by atoms with Gasteiger partial charge in [0.1, 0.15) is 5.69 Å². The van der Waals surface area contributed by atoms with Crippen molar-refractivity contribution in [3.63, 3.8) is 0 Å². The van der Waals surface area contributed by atoms with E-state index in [-0.39, 0.29) is 11.8 Å². The fraction of sp³-hybridized carbons (Fsp3) is 0.417. The smallest absolute Gasteiger partial charge is 0.306 e. The Morgan fingerprint density at radius 1 is 1.37 bits per heavy atom. The highest BCUT2D eigenvalue weighted by Gasteiger charge is 2.33. The van der Waals surface area contributed by atoms with Gasteiger partial charge in [-0.25, -0.2) is 4.98 Å². The van der Waals surface area contributed by atoms with Crippen molar-refractivity contribution in [2.75, 3.05) is 0 Å². The molecule has 0 aromatic carbocycles. The lowest BCUT2D eigenvalue weighted by molar-refractivity contribution is -0.141. The van der Waals surface area contributed by atoms with E-state index in [0.717, 1.165) is 6.42 Å². The highest BCUT2D eigenvalue weighted by molar-refractivity contribution is 5.70. The summed E-state index contributed by atoms with van der Waals surface area (Å²) >= 11 is 0. The molecule has 0 bridgehead atoms. The monoisotopic (exact) mass is 260 g/mol. The Morgan fingerprint density at radius 2 is 2.26 bits per heavy atom. The second-order valence-electron chi connectivity index (χ2n) is 4.59. The molecule has 98 valence electrons. The number of carbonyl (C=O) groups is 1. The molecule has 19 heavy (non-hydrogen) atoms. The van der Waals surface area contributed by atoms with E-state index in [2.05, 4.69) is 20.1 Å². The highest BCUT2D eigenvalue weighted by Crippen LogP contribution is 2.37. The van der Waals surface area contributed by atoms with Crippen LogP contribution in [-0.4, -0.2) is 31.2 Å².